The fourth-order valence-electron chi connectivity index (χ4n) is 2.58. The number of rotatable bonds is 11. The van der Waals surface area contributed by atoms with Crippen LogP contribution in [0.5, 0.6) is 0 Å². The minimum absolute atomic E-state index is 0.308. The second-order valence-electron chi connectivity index (χ2n) is 5.82. The number of aliphatic hydroxyl groups is 1. The molecular formula is C18H28ClFO. The van der Waals surface area contributed by atoms with Gasteiger partial charge in [-0.05, 0) is 18.6 Å². The maximum absolute atomic E-state index is 13.6. The molecule has 0 aliphatic rings. The molecule has 1 rings (SSSR count). The molecule has 0 aliphatic heterocycles. The van der Waals surface area contributed by atoms with Crippen molar-refractivity contribution in [3.05, 3.63) is 34.6 Å². The Morgan fingerprint density at radius 2 is 1.67 bits per heavy atom. The van der Waals surface area contributed by atoms with Gasteiger partial charge in [0.2, 0.25) is 0 Å². The van der Waals surface area contributed by atoms with Crippen molar-refractivity contribution >= 4 is 11.6 Å². The van der Waals surface area contributed by atoms with E-state index in [1.54, 1.807) is 12.1 Å². The Bertz CT molecular complexity index is 375. The van der Waals surface area contributed by atoms with E-state index in [0.29, 0.717) is 17.0 Å². The van der Waals surface area contributed by atoms with E-state index >= 15 is 0 Å². The summed E-state index contributed by atoms with van der Waals surface area (Å²) in [7, 11) is 0. The first-order valence-corrected chi connectivity index (χ1v) is 8.64. The van der Waals surface area contributed by atoms with Crippen LogP contribution in [0, 0.1) is 5.82 Å². The fraction of sp³-hybridized carbons (Fsp3) is 0.667. The fourth-order valence-corrected chi connectivity index (χ4v) is 2.82. The highest BCUT2D eigenvalue weighted by Gasteiger charge is 2.12. The van der Waals surface area contributed by atoms with Gasteiger partial charge < -0.3 is 5.11 Å². The van der Waals surface area contributed by atoms with Gasteiger partial charge in [-0.3, -0.25) is 0 Å². The van der Waals surface area contributed by atoms with E-state index in [2.05, 4.69) is 6.92 Å². The summed E-state index contributed by atoms with van der Waals surface area (Å²) in [6, 6.07) is 4.65. The molecule has 3 heteroatoms. The van der Waals surface area contributed by atoms with Crippen LogP contribution in [0.4, 0.5) is 4.39 Å². The summed E-state index contributed by atoms with van der Waals surface area (Å²) in [5, 5.41) is 10.4. The molecule has 0 aromatic heterocycles. The minimum Gasteiger partial charge on any atom is -0.393 e. The van der Waals surface area contributed by atoms with Crippen molar-refractivity contribution in [3.8, 4) is 0 Å². The predicted molar refractivity (Wildman–Crippen MR) is 88.3 cm³/mol. The molecule has 0 fully saturated rings. The van der Waals surface area contributed by atoms with Gasteiger partial charge in [0.25, 0.3) is 0 Å². The van der Waals surface area contributed by atoms with Crippen LogP contribution in [0.1, 0.15) is 70.3 Å². The average Bonchev–Trinajstić information content (AvgIpc) is 2.46. The summed E-state index contributed by atoms with van der Waals surface area (Å²) >= 11 is 5.97. The van der Waals surface area contributed by atoms with Gasteiger partial charge in [0.15, 0.2) is 0 Å². The molecular weight excluding hydrogens is 287 g/mol. The Morgan fingerprint density at radius 1 is 1.05 bits per heavy atom. The Balaban J connectivity index is 2.13. The molecule has 1 atom stereocenters. The van der Waals surface area contributed by atoms with Crippen LogP contribution in [-0.4, -0.2) is 11.2 Å². The molecule has 1 nitrogen and oxygen atoms in total. The van der Waals surface area contributed by atoms with E-state index in [0.717, 1.165) is 19.3 Å². The predicted octanol–water partition coefficient (Wildman–Crippen LogP) is 5.91. The largest absolute Gasteiger partial charge is 0.393 e. The van der Waals surface area contributed by atoms with Crippen molar-refractivity contribution in [2.45, 2.75) is 77.2 Å². The lowest BCUT2D eigenvalue weighted by atomic mass is 10.0. The molecule has 21 heavy (non-hydrogen) atoms. The topological polar surface area (TPSA) is 20.2 Å². The molecule has 0 bridgehead atoms. The van der Waals surface area contributed by atoms with E-state index in [9.17, 15) is 9.50 Å². The Hall–Kier alpha value is -0.600. The van der Waals surface area contributed by atoms with Crippen LogP contribution in [0.25, 0.3) is 0 Å². The van der Waals surface area contributed by atoms with Gasteiger partial charge in [0, 0.05) is 17.0 Å². The summed E-state index contributed by atoms with van der Waals surface area (Å²) < 4.78 is 13.6. The highest BCUT2D eigenvalue weighted by atomic mass is 35.5. The van der Waals surface area contributed by atoms with Gasteiger partial charge in [0.05, 0.1) is 6.10 Å². The summed E-state index contributed by atoms with van der Waals surface area (Å²) in [6.07, 6.45) is 10.5. The molecule has 0 saturated heterocycles. The van der Waals surface area contributed by atoms with Crippen molar-refractivity contribution in [1.29, 1.82) is 0 Å². The van der Waals surface area contributed by atoms with Crippen LogP contribution in [-0.2, 0) is 6.42 Å². The average molecular weight is 315 g/mol. The van der Waals surface area contributed by atoms with Crippen molar-refractivity contribution in [2.75, 3.05) is 0 Å². The summed E-state index contributed by atoms with van der Waals surface area (Å²) in [6.45, 7) is 2.23. The number of hydrogen-bond acceptors (Lipinski definition) is 1. The van der Waals surface area contributed by atoms with Crippen LogP contribution < -0.4 is 0 Å². The van der Waals surface area contributed by atoms with Gasteiger partial charge in [-0.15, -0.1) is 0 Å². The number of halogens is 2. The summed E-state index contributed by atoms with van der Waals surface area (Å²) in [5.74, 6) is -0.322. The van der Waals surface area contributed by atoms with Gasteiger partial charge in [-0.2, -0.15) is 0 Å². The molecule has 0 radical (unpaired) electrons. The van der Waals surface area contributed by atoms with Crippen molar-refractivity contribution in [1.82, 2.24) is 0 Å². The second kappa shape index (κ2) is 11.0. The Labute approximate surface area is 133 Å². The lowest BCUT2D eigenvalue weighted by molar-refractivity contribution is 0.159. The maximum Gasteiger partial charge on any atom is 0.127 e. The Morgan fingerprint density at radius 3 is 2.29 bits per heavy atom. The molecule has 0 spiro atoms. The van der Waals surface area contributed by atoms with E-state index in [1.807, 2.05) is 0 Å². The number of benzene rings is 1. The van der Waals surface area contributed by atoms with Gasteiger partial charge in [-0.1, -0.05) is 76.0 Å². The van der Waals surface area contributed by atoms with Crippen molar-refractivity contribution in [3.63, 3.8) is 0 Å². The molecule has 0 aliphatic carbocycles. The summed E-state index contributed by atoms with van der Waals surface area (Å²) in [5.41, 5.74) is 0.436. The zero-order chi connectivity index (χ0) is 15.5. The van der Waals surface area contributed by atoms with Gasteiger partial charge >= 0.3 is 0 Å². The molecule has 0 heterocycles. The maximum atomic E-state index is 13.6. The van der Waals surface area contributed by atoms with Crippen LogP contribution in [0.15, 0.2) is 18.2 Å². The van der Waals surface area contributed by atoms with Crippen LogP contribution in [0.2, 0.25) is 5.02 Å². The van der Waals surface area contributed by atoms with E-state index in [1.165, 1.54) is 44.6 Å². The van der Waals surface area contributed by atoms with Crippen molar-refractivity contribution in [2.24, 2.45) is 0 Å². The molecule has 0 amide bonds. The van der Waals surface area contributed by atoms with Gasteiger partial charge in [-0.25, -0.2) is 4.39 Å². The highest BCUT2D eigenvalue weighted by molar-refractivity contribution is 6.31. The normalized spacial score (nSPS) is 12.6. The zero-order valence-corrected chi connectivity index (χ0v) is 13.8. The van der Waals surface area contributed by atoms with E-state index in [4.69, 9.17) is 11.6 Å². The quantitative estimate of drug-likeness (QED) is 0.503. The van der Waals surface area contributed by atoms with Crippen molar-refractivity contribution < 1.29 is 9.50 Å². The monoisotopic (exact) mass is 314 g/mol. The van der Waals surface area contributed by atoms with Crippen LogP contribution >= 0.6 is 11.6 Å². The Kier molecular flexibility index (Phi) is 9.69. The first kappa shape index (κ1) is 18.4. The third-order valence-electron chi connectivity index (χ3n) is 3.89. The summed E-state index contributed by atoms with van der Waals surface area (Å²) in [4.78, 5) is 0. The zero-order valence-electron chi connectivity index (χ0n) is 13.1. The van der Waals surface area contributed by atoms with Crippen LogP contribution in [0.3, 0.4) is 0 Å². The highest BCUT2D eigenvalue weighted by Crippen LogP contribution is 2.22. The van der Waals surface area contributed by atoms with E-state index < -0.39 is 6.10 Å². The number of hydrogen-bond donors (Lipinski definition) is 1. The smallest absolute Gasteiger partial charge is 0.127 e. The molecule has 1 N–H and O–H groups in total. The third-order valence-corrected chi connectivity index (χ3v) is 4.25. The third kappa shape index (κ3) is 7.82. The molecule has 0 saturated carbocycles. The lowest BCUT2D eigenvalue weighted by Crippen LogP contribution is -2.11. The standard InChI is InChI=1S/C18H28ClFO/c1-2-3-4-5-6-7-8-9-11-15(21)14-16-17(19)12-10-13-18(16)20/h10,12-13,15,21H,2-9,11,14H2,1H3. The molecule has 1 unspecified atom stereocenters. The first-order valence-electron chi connectivity index (χ1n) is 8.26. The second-order valence-corrected chi connectivity index (χ2v) is 6.23. The molecule has 1 aromatic rings. The molecule has 1 aromatic carbocycles. The van der Waals surface area contributed by atoms with Gasteiger partial charge in [0.1, 0.15) is 5.82 Å². The van der Waals surface area contributed by atoms with E-state index in [-0.39, 0.29) is 5.82 Å². The number of unbranched alkanes of at least 4 members (excludes halogenated alkanes) is 7. The minimum atomic E-state index is -0.500. The number of aliphatic hydroxyl groups excluding tert-OH is 1. The lowest BCUT2D eigenvalue weighted by Gasteiger charge is -2.12. The SMILES string of the molecule is CCCCCCCCCCC(O)Cc1c(F)cccc1Cl. The first-order chi connectivity index (χ1) is 10.1. The molecule has 120 valence electrons.